The number of hydrogen-bond acceptors (Lipinski definition) is 4. The van der Waals surface area contributed by atoms with Crippen molar-refractivity contribution in [2.75, 3.05) is 5.32 Å². The molecule has 0 unspecified atom stereocenters. The number of rotatable bonds is 3. The fraction of sp³-hybridized carbons (Fsp3) is 0. The van der Waals surface area contributed by atoms with Gasteiger partial charge in [0.2, 0.25) is 0 Å². The number of thiophene rings is 1. The average molecular weight is 320 g/mol. The molecule has 0 fully saturated rings. The maximum absolute atomic E-state index is 12.3. The van der Waals surface area contributed by atoms with E-state index in [-0.39, 0.29) is 5.91 Å². The van der Waals surface area contributed by atoms with Gasteiger partial charge < -0.3 is 5.32 Å². The van der Waals surface area contributed by atoms with Gasteiger partial charge in [0.15, 0.2) is 11.5 Å². The molecule has 0 atom stereocenters. The van der Waals surface area contributed by atoms with Crippen molar-refractivity contribution in [1.29, 1.82) is 0 Å². The van der Waals surface area contributed by atoms with E-state index in [1.165, 1.54) is 11.3 Å². The van der Waals surface area contributed by atoms with Gasteiger partial charge in [0.25, 0.3) is 5.91 Å². The van der Waals surface area contributed by atoms with Crippen molar-refractivity contribution >= 4 is 28.6 Å². The van der Waals surface area contributed by atoms with E-state index in [9.17, 15) is 4.79 Å². The van der Waals surface area contributed by atoms with Gasteiger partial charge in [0.1, 0.15) is 0 Å². The largest absolute Gasteiger partial charge is 0.322 e. The van der Waals surface area contributed by atoms with E-state index in [0.717, 1.165) is 22.0 Å². The van der Waals surface area contributed by atoms with Crippen LogP contribution in [0.3, 0.4) is 0 Å². The Labute approximate surface area is 136 Å². The highest BCUT2D eigenvalue weighted by molar-refractivity contribution is 7.13. The van der Waals surface area contributed by atoms with Crippen LogP contribution in [0.25, 0.3) is 16.3 Å². The molecule has 0 radical (unpaired) electrons. The molecule has 4 rings (SSSR count). The minimum atomic E-state index is -0.132. The molecule has 0 saturated heterocycles. The van der Waals surface area contributed by atoms with Gasteiger partial charge in [-0.1, -0.05) is 24.3 Å². The molecular weight excluding hydrogens is 308 g/mol. The number of benzene rings is 1. The molecule has 1 aromatic carbocycles. The zero-order valence-electron chi connectivity index (χ0n) is 12.0. The summed E-state index contributed by atoms with van der Waals surface area (Å²) < 4.78 is 1.91. The van der Waals surface area contributed by atoms with Gasteiger partial charge in [-0.05, 0) is 30.3 Å². The zero-order valence-corrected chi connectivity index (χ0v) is 12.8. The highest BCUT2D eigenvalue weighted by Gasteiger charge is 2.14. The Morgan fingerprint density at radius 1 is 1.04 bits per heavy atom. The van der Waals surface area contributed by atoms with Crippen LogP contribution in [-0.4, -0.2) is 20.5 Å². The number of para-hydroxylation sites is 1. The predicted octanol–water partition coefficient (Wildman–Crippen LogP) is 3.71. The molecule has 5 nitrogen and oxygen atoms in total. The maximum atomic E-state index is 12.3. The topological polar surface area (TPSA) is 59.3 Å². The Morgan fingerprint density at radius 2 is 1.87 bits per heavy atom. The van der Waals surface area contributed by atoms with Crippen molar-refractivity contribution in [3.63, 3.8) is 0 Å². The molecule has 0 saturated carbocycles. The molecule has 0 aliphatic rings. The van der Waals surface area contributed by atoms with Gasteiger partial charge in [-0.3, -0.25) is 9.20 Å². The molecule has 3 heterocycles. The lowest BCUT2D eigenvalue weighted by molar-refractivity contribution is 0.102. The van der Waals surface area contributed by atoms with E-state index in [0.29, 0.717) is 5.56 Å². The van der Waals surface area contributed by atoms with Crippen LogP contribution < -0.4 is 5.32 Å². The predicted molar refractivity (Wildman–Crippen MR) is 90.7 cm³/mol. The molecule has 1 N–H and O–H groups in total. The highest BCUT2D eigenvalue weighted by Crippen LogP contribution is 2.26. The smallest absolute Gasteiger partial charge is 0.256 e. The third-order valence-electron chi connectivity index (χ3n) is 3.43. The number of aromatic nitrogens is 3. The van der Waals surface area contributed by atoms with Crippen LogP contribution in [-0.2, 0) is 0 Å². The standard InChI is InChI=1S/C17H12N4OS/c22-17(18-13-6-2-1-3-7-13)12-10-14(23-11-12)16-20-19-15-8-4-5-9-21(15)16/h1-11H,(H,18,22). The minimum absolute atomic E-state index is 0.132. The van der Waals surface area contributed by atoms with E-state index in [1.54, 1.807) is 0 Å². The van der Waals surface area contributed by atoms with Crippen molar-refractivity contribution < 1.29 is 4.79 Å². The van der Waals surface area contributed by atoms with Crippen molar-refractivity contribution in [3.05, 3.63) is 71.7 Å². The number of amides is 1. The molecule has 0 aliphatic heterocycles. The number of pyridine rings is 1. The SMILES string of the molecule is O=C(Nc1ccccc1)c1csc(-c2nnc3ccccn23)c1. The molecule has 6 heteroatoms. The molecular formula is C17H12N4OS. The van der Waals surface area contributed by atoms with E-state index < -0.39 is 0 Å². The fourth-order valence-electron chi connectivity index (χ4n) is 2.31. The van der Waals surface area contributed by atoms with Gasteiger partial charge in [0.05, 0.1) is 10.4 Å². The Morgan fingerprint density at radius 3 is 2.74 bits per heavy atom. The van der Waals surface area contributed by atoms with Gasteiger partial charge in [-0.2, -0.15) is 0 Å². The summed E-state index contributed by atoms with van der Waals surface area (Å²) in [6.45, 7) is 0. The summed E-state index contributed by atoms with van der Waals surface area (Å²) in [6, 6.07) is 17.0. The Hall–Kier alpha value is -2.99. The maximum Gasteiger partial charge on any atom is 0.256 e. The second-order valence-corrected chi connectivity index (χ2v) is 5.88. The molecule has 112 valence electrons. The number of nitrogens with zero attached hydrogens (tertiary/aromatic N) is 3. The second kappa shape index (κ2) is 5.66. The Balaban J connectivity index is 1.63. The summed E-state index contributed by atoms with van der Waals surface area (Å²) in [6.07, 6.45) is 1.91. The summed E-state index contributed by atoms with van der Waals surface area (Å²) in [4.78, 5) is 13.2. The summed E-state index contributed by atoms with van der Waals surface area (Å²) in [5.41, 5.74) is 2.17. The van der Waals surface area contributed by atoms with Crippen LogP contribution in [0.1, 0.15) is 10.4 Å². The first kappa shape index (κ1) is 13.7. The quantitative estimate of drug-likeness (QED) is 0.626. The third kappa shape index (κ3) is 2.60. The molecule has 0 spiro atoms. The first-order chi connectivity index (χ1) is 11.3. The lowest BCUT2D eigenvalue weighted by atomic mass is 10.2. The van der Waals surface area contributed by atoms with Crippen LogP contribution in [0.15, 0.2) is 66.2 Å². The molecule has 0 bridgehead atoms. The normalized spacial score (nSPS) is 10.8. The van der Waals surface area contributed by atoms with E-state index >= 15 is 0 Å². The second-order valence-electron chi connectivity index (χ2n) is 4.97. The fourth-order valence-corrected chi connectivity index (χ4v) is 3.18. The summed E-state index contributed by atoms with van der Waals surface area (Å²) in [5, 5.41) is 13.1. The van der Waals surface area contributed by atoms with Crippen LogP contribution in [0.4, 0.5) is 5.69 Å². The summed E-state index contributed by atoms with van der Waals surface area (Å²) >= 11 is 1.48. The summed E-state index contributed by atoms with van der Waals surface area (Å²) in [5.74, 6) is 0.608. The van der Waals surface area contributed by atoms with Crippen molar-refractivity contribution in [2.45, 2.75) is 0 Å². The van der Waals surface area contributed by atoms with Crippen molar-refractivity contribution in [3.8, 4) is 10.7 Å². The monoisotopic (exact) mass is 320 g/mol. The minimum Gasteiger partial charge on any atom is -0.322 e. The molecule has 1 amide bonds. The van der Waals surface area contributed by atoms with E-state index in [1.807, 2.05) is 70.6 Å². The Kier molecular flexibility index (Phi) is 3.36. The van der Waals surface area contributed by atoms with Crippen LogP contribution in [0, 0.1) is 0 Å². The van der Waals surface area contributed by atoms with Gasteiger partial charge in [-0.15, -0.1) is 21.5 Å². The molecule has 4 aromatic rings. The summed E-state index contributed by atoms with van der Waals surface area (Å²) in [7, 11) is 0. The first-order valence-electron chi connectivity index (χ1n) is 7.06. The van der Waals surface area contributed by atoms with Crippen molar-refractivity contribution in [1.82, 2.24) is 14.6 Å². The molecule has 3 aromatic heterocycles. The number of fused-ring (bicyclic) bond motifs is 1. The molecule has 0 aliphatic carbocycles. The Bertz CT molecular complexity index is 974. The van der Waals surface area contributed by atoms with Crippen LogP contribution in [0.5, 0.6) is 0 Å². The lowest BCUT2D eigenvalue weighted by Crippen LogP contribution is -2.10. The van der Waals surface area contributed by atoms with Gasteiger partial charge in [0, 0.05) is 17.3 Å². The number of carbonyl (C=O) groups excluding carboxylic acids is 1. The van der Waals surface area contributed by atoms with Crippen LogP contribution >= 0.6 is 11.3 Å². The highest BCUT2D eigenvalue weighted by atomic mass is 32.1. The number of hydrogen-bond donors (Lipinski definition) is 1. The first-order valence-corrected chi connectivity index (χ1v) is 7.94. The average Bonchev–Trinajstić information content (AvgIpc) is 3.22. The van der Waals surface area contributed by atoms with Crippen LogP contribution in [0.2, 0.25) is 0 Å². The van der Waals surface area contributed by atoms with E-state index in [2.05, 4.69) is 15.5 Å². The zero-order chi connectivity index (χ0) is 15.6. The van der Waals surface area contributed by atoms with Crippen molar-refractivity contribution in [2.24, 2.45) is 0 Å². The third-order valence-corrected chi connectivity index (χ3v) is 4.35. The number of anilines is 1. The van der Waals surface area contributed by atoms with E-state index in [4.69, 9.17) is 0 Å². The number of nitrogens with one attached hydrogen (secondary N) is 1. The molecule has 23 heavy (non-hydrogen) atoms. The number of carbonyl (C=O) groups is 1. The van der Waals surface area contributed by atoms with Gasteiger partial charge in [-0.25, -0.2) is 0 Å². The lowest BCUT2D eigenvalue weighted by Gasteiger charge is -2.02. The van der Waals surface area contributed by atoms with Gasteiger partial charge >= 0.3 is 0 Å².